The third kappa shape index (κ3) is 9.20. The Hall–Kier alpha value is -5.72. The zero-order chi connectivity index (χ0) is 44.6. The van der Waals surface area contributed by atoms with E-state index in [9.17, 15) is 42.3 Å². The number of aromatic nitrogens is 3. The number of anilines is 2. The largest absolute Gasteiger partial charge is 0.433 e. The number of aliphatic hydroxyl groups is 1. The molecule has 4 N–H and O–H groups in total. The lowest BCUT2D eigenvalue weighted by molar-refractivity contribution is -0.141. The van der Waals surface area contributed by atoms with Crippen LogP contribution in [0.4, 0.5) is 24.5 Å². The van der Waals surface area contributed by atoms with Gasteiger partial charge in [0, 0.05) is 67.8 Å². The number of imide groups is 2. The van der Waals surface area contributed by atoms with E-state index in [1.807, 2.05) is 10.9 Å². The summed E-state index contributed by atoms with van der Waals surface area (Å²) in [6, 6.07) is 9.09. The molecule has 0 spiro atoms. The molecule has 1 saturated heterocycles. The third-order valence-electron chi connectivity index (χ3n) is 12.7. The smallest absolute Gasteiger partial charge is 0.385 e. The van der Waals surface area contributed by atoms with Gasteiger partial charge < -0.3 is 25.4 Å². The molecule has 4 aliphatic rings. The molecular formula is C45H51F3N8O7. The Labute approximate surface area is 361 Å². The molecular weight excluding hydrogens is 822 g/mol. The Kier molecular flexibility index (Phi) is 12.4. The van der Waals surface area contributed by atoms with E-state index < -0.39 is 53.0 Å². The van der Waals surface area contributed by atoms with E-state index in [-0.39, 0.29) is 35.7 Å². The van der Waals surface area contributed by atoms with E-state index in [1.54, 1.807) is 31.2 Å². The number of pyridine rings is 1. The van der Waals surface area contributed by atoms with Crippen molar-refractivity contribution < 1.29 is 47.0 Å². The maximum Gasteiger partial charge on any atom is 0.433 e. The third-order valence-corrected chi connectivity index (χ3v) is 12.7. The number of amides is 5. The number of nitrogens with one attached hydrogen (secondary N) is 3. The summed E-state index contributed by atoms with van der Waals surface area (Å²) in [5.41, 5.74) is 0.650. The molecule has 2 aromatic carbocycles. The Balaban J connectivity index is 0.768. The first-order valence-corrected chi connectivity index (χ1v) is 21.6. The van der Waals surface area contributed by atoms with Gasteiger partial charge in [-0.1, -0.05) is 12.1 Å². The van der Waals surface area contributed by atoms with Crippen LogP contribution in [0, 0.1) is 5.92 Å². The van der Waals surface area contributed by atoms with Gasteiger partial charge in [0.1, 0.15) is 17.4 Å². The molecule has 4 heterocycles. The van der Waals surface area contributed by atoms with E-state index >= 15 is 0 Å². The van der Waals surface area contributed by atoms with E-state index in [0.29, 0.717) is 61.9 Å². The fraction of sp³-hybridized carbons (Fsp3) is 0.489. The van der Waals surface area contributed by atoms with Crippen LogP contribution in [-0.4, -0.2) is 105 Å². The van der Waals surface area contributed by atoms with Gasteiger partial charge in [0.15, 0.2) is 0 Å². The fourth-order valence-corrected chi connectivity index (χ4v) is 9.52. The van der Waals surface area contributed by atoms with Crippen LogP contribution >= 0.6 is 0 Å². The number of fused-ring (bicyclic) bond motifs is 4. The van der Waals surface area contributed by atoms with Crippen LogP contribution < -0.4 is 16.0 Å². The summed E-state index contributed by atoms with van der Waals surface area (Å²) in [7, 11) is 2.12. The summed E-state index contributed by atoms with van der Waals surface area (Å²) >= 11 is 0. The maximum atomic E-state index is 13.3. The molecule has 334 valence electrons. The van der Waals surface area contributed by atoms with Crippen molar-refractivity contribution in [1.29, 1.82) is 0 Å². The monoisotopic (exact) mass is 872 g/mol. The molecule has 8 rings (SSSR count). The van der Waals surface area contributed by atoms with Gasteiger partial charge >= 0.3 is 6.18 Å². The van der Waals surface area contributed by atoms with Crippen molar-refractivity contribution in [3.8, 4) is 0 Å². The van der Waals surface area contributed by atoms with Crippen LogP contribution in [0.1, 0.15) is 119 Å². The van der Waals surface area contributed by atoms with Gasteiger partial charge in [-0.3, -0.25) is 38.9 Å². The SMILES string of the molecule is CN(CCCOCCCNc1cccc2c1C(=O)N(C1CCC(=O)NC1=O)C2=O)CC1CCC(n2cc3cc(NC(=O)c4cccc(C(F)(F)F)n4)c4c(c3n2)CCC4(C)O)CC1. The molecule has 2 aromatic heterocycles. The zero-order valence-corrected chi connectivity index (χ0v) is 35.2. The number of ether oxygens (including phenoxy) is 1. The van der Waals surface area contributed by atoms with Crippen molar-refractivity contribution in [2.75, 3.05) is 50.5 Å². The zero-order valence-electron chi connectivity index (χ0n) is 35.2. The van der Waals surface area contributed by atoms with Crippen LogP contribution in [0.3, 0.4) is 0 Å². The second kappa shape index (κ2) is 17.8. The Morgan fingerprint density at radius 1 is 1.00 bits per heavy atom. The molecule has 63 heavy (non-hydrogen) atoms. The predicted molar refractivity (Wildman–Crippen MR) is 225 cm³/mol. The lowest BCUT2D eigenvalue weighted by atomic mass is 9.86. The molecule has 15 nitrogen and oxygen atoms in total. The highest BCUT2D eigenvalue weighted by molar-refractivity contribution is 6.25. The lowest BCUT2D eigenvalue weighted by Crippen LogP contribution is -2.54. The van der Waals surface area contributed by atoms with Crippen LogP contribution in [0.5, 0.6) is 0 Å². The number of carbonyl (C=O) groups excluding carboxylic acids is 5. The molecule has 0 bridgehead atoms. The fourth-order valence-electron chi connectivity index (χ4n) is 9.52. The molecule has 4 aromatic rings. The van der Waals surface area contributed by atoms with Crippen molar-refractivity contribution >= 4 is 51.8 Å². The van der Waals surface area contributed by atoms with Crippen molar-refractivity contribution in [3.05, 3.63) is 82.3 Å². The van der Waals surface area contributed by atoms with Crippen molar-refractivity contribution in [3.63, 3.8) is 0 Å². The number of nitrogens with zero attached hydrogens (tertiary/aromatic N) is 5. The quantitative estimate of drug-likeness (QED) is 0.0832. The van der Waals surface area contributed by atoms with E-state index in [1.165, 1.54) is 6.07 Å². The maximum absolute atomic E-state index is 13.3. The molecule has 5 amide bonds. The van der Waals surface area contributed by atoms with E-state index in [4.69, 9.17) is 9.84 Å². The summed E-state index contributed by atoms with van der Waals surface area (Å²) in [6.45, 7) is 5.15. The summed E-state index contributed by atoms with van der Waals surface area (Å²) in [6.07, 6.45) is 3.90. The number of benzene rings is 2. The minimum Gasteiger partial charge on any atom is -0.385 e. The first kappa shape index (κ1) is 43.9. The minimum atomic E-state index is -4.69. The van der Waals surface area contributed by atoms with E-state index in [2.05, 4.69) is 32.9 Å². The number of aryl methyl sites for hydroxylation is 1. The summed E-state index contributed by atoms with van der Waals surface area (Å²) in [5.74, 6) is -2.41. The van der Waals surface area contributed by atoms with Gasteiger partial charge in [-0.25, -0.2) is 4.98 Å². The van der Waals surface area contributed by atoms with Gasteiger partial charge in [0.2, 0.25) is 11.8 Å². The molecule has 2 unspecified atom stereocenters. The Morgan fingerprint density at radius 3 is 2.52 bits per heavy atom. The van der Waals surface area contributed by atoms with E-state index in [0.717, 1.165) is 78.7 Å². The molecule has 2 fully saturated rings. The van der Waals surface area contributed by atoms with Gasteiger partial charge in [-0.2, -0.15) is 18.3 Å². The molecule has 2 aliphatic heterocycles. The first-order chi connectivity index (χ1) is 30.1. The molecule has 0 radical (unpaired) electrons. The second-order valence-corrected chi connectivity index (χ2v) is 17.3. The highest BCUT2D eigenvalue weighted by Gasteiger charge is 2.46. The molecule has 2 aliphatic carbocycles. The van der Waals surface area contributed by atoms with Crippen molar-refractivity contribution in [2.45, 2.75) is 95.0 Å². The van der Waals surface area contributed by atoms with Gasteiger partial charge in [-0.05, 0) is 114 Å². The highest BCUT2D eigenvalue weighted by atomic mass is 19.4. The second-order valence-electron chi connectivity index (χ2n) is 17.3. The Morgan fingerprint density at radius 2 is 1.76 bits per heavy atom. The number of halogens is 3. The number of hydrogen-bond donors (Lipinski definition) is 4. The van der Waals surface area contributed by atoms with Crippen LogP contribution in [0.25, 0.3) is 10.9 Å². The van der Waals surface area contributed by atoms with Gasteiger partial charge in [0.05, 0.1) is 28.3 Å². The number of hydrogen-bond acceptors (Lipinski definition) is 11. The number of piperidine rings is 1. The highest BCUT2D eigenvalue weighted by Crippen LogP contribution is 2.45. The van der Waals surface area contributed by atoms with Crippen LogP contribution in [0.15, 0.2) is 48.7 Å². The summed E-state index contributed by atoms with van der Waals surface area (Å²) in [5, 5.41) is 25.3. The standard InChI is InChI=1S/C45H51F3N8O7/c1-44(62)18-17-30-38(44)33(51-40(58)32-9-4-10-35(50-32)45(46,47)48)23-27-25-55(53-39(27)30)28-13-11-26(12-14-28)24-54(2)20-6-22-63-21-5-19-49-31-8-3-7-29-37(31)43(61)56(42(29)60)34-15-16-36(57)52-41(34)59/h3-4,7-10,23,25-26,28,34,49,62H,5-6,11-22,24H2,1-2H3,(H,51,58)(H,52,57,59). The average molecular weight is 873 g/mol. The van der Waals surface area contributed by atoms with Gasteiger partial charge in [-0.15, -0.1) is 0 Å². The van der Waals surface area contributed by atoms with Crippen molar-refractivity contribution in [1.82, 2.24) is 29.9 Å². The topological polar surface area (TPSA) is 188 Å². The molecule has 1 saturated carbocycles. The summed E-state index contributed by atoms with van der Waals surface area (Å²) in [4.78, 5) is 70.4. The average Bonchev–Trinajstić information content (AvgIpc) is 3.90. The minimum absolute atomic E-state index is 0.0609. The number of alkyl halides is 3. The first-order valence-electron chi connectivity index (χ1n) is 21.6. The predicted octanol–water partition coefficient (Wildman–Crippen LogP) is 5.83. The number of carbonyl (C=O) groups is 5. The van der Waals surface area contributed by atoms with Crippen LogP contribution in [-0.2, 0) is 32.5 Å². The lowest BCUT2D eigenvalue weighted by Gasteiger charge is -2.31. The number of rotatable bonds is 15. The van der Waals surface area contributed by atoms with Crippen molar-refractivity contribution in [2.24, 2.45) is 5.92 Å². The Bertz CT molecular complexity index is 2440. The van der Waals surface area contributed by atoms with Crippen LogP contribution in [0.2, 0.25) is 0 Å². The van der Waals surface area contributed by atoms with Gasteiger partial charge in [0.25, 0.3) is 17.7 Å². The molecule has 2 atom stereocenters. The summed E-state index contributed by atoms with van der Waals surface area (Å²) < 4.78 is 47.8. The normalized spacial score (nSPS) is 22.5. The molecule has 18 heteroatoms.